The van der Waals surface area contributed by atoms with Crippen LogP contribution in [0.1, 0.15) is 57.8 Å². The predicted octanol–water partition coefficient (Wildman–Crippen LogP) is 0.506. The molecule has 8 unspecified atom stereocenters. The fraction of sp³-hybridized carbons (Fsp3) is 0.957. The molecule has 32 heavy (non-hydrogen) atoms. The Labute approximate surface area is 190 Å². The van der Waals surface area contributed by atoms with Crippen LogP contribution in [0.4, 0.5) is 4.39 Å². The highest BCUT2D eigenvalue weighted by molar-refractivity contribution is 5.79. The third kappa shape index (κ3) is 5.45. The molecular weight excluding hydrogens is 411 g/mol. The molecule has 0 aromatic heterocycles. The van der Waals surface area contributed by atoms with E-state index in [1.807, 2.05) is 0 Å². The third-order valence-electron chi connectivity index (χ3n) is 8.42. The molecule has 6 N–H and O–H groups in total. The number of hydrazine groups is 1. The normalized spacial score (nSPS) is 43.2. The lowest BCUT2D eigenvalue weighted by atomic mass is 9.81. The number of alkyl halides is 1. The van der Waals surface area contributed by atoms with Crippen LogP contribution < -0.4 is 32.1 Å². The topological polar surface area (TPSA) is 98.5 Å². The molecule has 0 aromatic rings. The van der Waals surface area contributed by atoms with Gasteiger partial charge in [0.25, 0.3) is 0 Å². The van der Waals surface area contributed by atoms with Gasteiger partial charge in [0.15, 0.2) is 0 Å². The summed E-state index contributed by atoms with van der Waals surface area (Å²) >= 11 is 0. The van der Waals surface area contributed by atoms with Crippen LogP contribution in [0.3, 0.4) is 0 Å². The molecule has 1 amide bonds. The van der Waals surface area contributed by atoms with Crippen LogP contribution in [0.5, 0.6) is 0 Å². The first-order valence-electron chi connectivity index (χ1n) is 12.9. The minimum atomic E-state index is -0.745. The first kappa shape index (κ1) is 22.9. The van der Waals surface area contributed by atoms with Crippen LogP contribution in [0.15, 0.2) is 0 Å². The van der Waals surface area contributed by atoms with E-state index < -0.39 is 6.17 Å². The Kier molecular flexibility index (Phi) is 7.60. The summed E-state index contributed by atoms with van der Waals surface area (Å²) in [6.07, 6.45) is 8.14. The second kappa shape index (κ2) is 10.6. The quantitative estimate of drug-likeness (QED) is 0.349. The van der Waals surface area contributed by atoms with Gasteiger partial charge in [0, 0.05) is 30.8 Å². The van der Waals surface area contributed by atoms with Crippen molar-refractivity contribution in [2.75, 3.05) is 26.2 Å². The first-order valence-corrected chi connectivity index (χ1v) is 12.9. The Hall–Kier alpha value is -0.840. The van der Waals surface area contributed by atoms with Gasteiger partial charge in [-0.25, -0.2) is 15.2 Å². The Morgan fingerprint density at radius 3 is 2.78 bits per heavy atom. The van der Waals surface area contributed by atoms with Crippen LogP contribution in [0.2, 0.25) is 0 Å². The number of halogens is 1. The predicted molar refractivity (Wildman–Crippen MR) is 120 cm³/mol. The molecule has 0 aromatic carbocycles. The number of ether oxygens (including phenoxy) is 1. The second-order valence-electron chi connectivity index (χ2n) is 10.6. The summed E-state index contributed by atoms with van der Waals surface area (Å²) in [5.41, 5.74) is 6.82. The largest absolute Gasteiger partial charge is 0.376 e. The van der Waals surface area contributed by atoms with Gasteiger partial charge in [-0.1, -0.05) is 6.42 Å². The van der Waals surface area contributed by atoms with Crippen molar-refractivity contribution in [1.82, 2.24) is 32.1 Å². The molecule has 5 aliphatic rings. The van der Waals surface area contributed by atoms with E-state index in [0.29, 0.717) is 37.6 Å². The Balaban J connectivity index is 1.04. The van der Waals surface area contributed by atoms with E-state index >= 15 is 0 Å². The zero-order chi connectivity index (χ0) is 21.9. The zero-order valence-electron chi connectivity index (χ0n) is 19.1. The van der Waals surface area contributed by atoms with Gasteiger partial charge in [-0.3, -0.25) is 10.1 Å². The third-order valence-corrected chi connectivity index (χ3v) is 8.42. The maximum absolute atomic E-state index is 13.7. The minimum absolute atomic E-state index is 0.0152. The molecule has 0 bridgehead atoms. The Bertz CT molecular complexity index is 636. The molecule has 182 valence electrons. The Morgan fingerprint density at radius 2 is 1.91 bits per heavy atom. The van der Waals surface area contributed by atoms with E-state index in [2.05, 4.69) is 32.1 Å². The molecule has 0 spiro atoms. The lowest BCUT2D eigenvalue weighted by molar-refractivity contribution is -0.127. The molecule has 8 atom stereocenters. The molecule has 5 fully saturated rings. The zero-order valence-corrected chi connectivity index (χ0v) is 19.1. The Morgan fingerprint density at radius 1 is 1.03 bits per heavy atom. The van der Waals surface area contributed by atoms with Gasteiger partial charge < -0.3 is 20.7 Å². The number of hydrogen-bond acceptors (Lipinski definition) is 7. The number of fused-ring (bicyclic) bond motifs is 1. The lowest BCUT2D eigenvalue weighted by Gasteiger charge is -2.33. The highest BCUT2D eigenvalue weighted by atomic mass is 19.1. The van der Waals surface area contributed by atoms with Crippen LogP contribution >= 0.6 is 0 Å². The van der Waals surface area contributed by atoms with Crippen molar-refractivity contribution < 1.29 is 13.9 Å². The number of amides is 1. The van der Waals surface area contributed by atoms with Crippen molar-refractivity contribution in [3.05, 3.63) is 0 Å². The number of hydrogen-bond donors (Lipinski definition) is 6. The first-order chi connectivity index (χ1) is 15.7. The van der Waals surface area contributed by atoms with Crippen molar-refractivity contribution in [2.24, 2.45) is 17.8 Å². The van der Waals surface area contributed by atoms with Crippen LogP contribution in [-0.4, -0.2) is 68.8 Å². The molecule has 0 radical (unpaired) electrons. The summed E-state index contributed by atoms with van der Waals surface area (Å²) in [5, 5.41) is 14.1. The number of rotatable bonds is 6. The number of nitrogens with one attached hydrogen (secondary N) is 6. The van der Waals surface area contributed by atoms with Gasteiger partial charge in [-0.2, -0.15) is 0 Å². The molecule has 5 rings (SSSR count). The average Bonchev–Trinajstić information content (AvgIpc) is 3.45. The van der Waals surface area contributed by atoms with Crippen LogP contribution in [-0.2, 0) is 9.53 Å². The monoisotopic (exact) mass is 452 g/mol. The van der Waals surface area contributed by atoms with E-state index in [9.17, 15) is 9.18 Å². The maximum Gasteiger partial charge on any atom is 0.223 e. The van der Waals surface area contributed by atoms with Gasteiger partial charge in [0.1, 0.15) is 6.17 Å². The van der Waals surface area contributed by atoms with Gasteiger partial charge in [-0.15, -0.1) is 0 Å². The molecule has 2 saturated carbocycles. The summed E-state index contributed by atoms with van der Waals surface area (Å²) < 4.78 is 19.5. The number of piperidine rings is 1. The van der Waals surface area contributed by atoms with Crippen LogP contribution in [0.25, 0.3) is 0 Å². The second-order valence-corrected chi connectivity index (χ2v) is 10.6. The highest BCUT2D eigenvalue weighted by Crippen LogP contribution is 2.36. The molecular formula is C23H41FN6O2. The van der Waals surface area contributed by atoms with Gasteiger partial charge >= 0.3 is 0 Å². The van der Waals surface area contributed by atoms with Crippen molar-refractivity contribution in [3.63, 3.8) is 0 Å². The van der Waals surface area contributed by atoms with Gasteiger partial charge in [0.2, 0.25) is 5.91 Å². The SMILES string of the molecule is O=C(NC1COC2CC(F)CCC12)C1CCCC(NCC2NNC(C3CCNCC3)N2)C1. The van der Waals surface area contributed by atoms with E-state index in [4.69, 9.17) is 4.74 Å². The summed E-state index contributed by atoms with van der Waals surface area (Å²) in [6, 6.07) is 0.425. The molecule has 8 nitrogen and oxygen atoms in total. The van der Waals surface area contributed by atoms with Crippen molar-refractivity contribution in [2.45, 2.75) is 94.5 Å². The molecule has 3 aliphatic heterocycles. The van der Waals surface area contributed by atoms with Gasteiger partial charge in [0.05, 0.1) is 31.1 Å². The molecule has 2 aliphatic carbocycles. The smallest absolute Gasteiger partial charge is 0.223 e. The van der Waals surface area contributed by atoms with Crippen molar-refractivity contribution in [3.8, 4) is 0 Å². The minimum Gasteiger partial charge on any atom is -0.376 e. The molecule has 3 heterocycles. The van der Waals surface area contributed by atoms with Crippen LogP contribution in [0, 0.1) is 17.8 Å². The van der Waals surface area contributed by atoms with Crippen molar-refractivity contribution in [1.29, 1.82) is 0 Å². The maximum atomic E-state index is 13.7. The number of carbonyl (C=O) groups is 1. The standard InChI is InChI=1S/C23H41FN6O2/c24-16-4-5-18-19(13-32-20(18)11-16)27-23(31)15-2-1-3-17(10-15)26-12-21-28-22(30-29-21)14-6-8-25-9-7-14/h14-22,25-26,28-30H,1-13H2,(H,27,31). The highest BCUT2D eigenvalue weighted by Gasteiger charge is 2.43. The van der Waals surface area contributed by atoms with Crippen molar-refractivity contribution >= 4 is 5.91 Å². The van der Waals surface area contributed by atoms with E-state index in [-0.39, 0.29) is 36.1 Å². The van der Waals surface area contributed by atoms with Gasteiger partial charge in [-0.05, 0) is 64.0 Å². The average molecular weight is 453 g/mol. The van der Waals surface area contributed by atoms with E-state index in [1.165, 1.54) is 12.8 Å². The fourth-order valence-electron chi connectivity index (χ4n) is 6.49. The molecule has 9 heteroatoms. The summed E-state index contributed by atoms with van der Waals surface area (Å²) in [4.78, 5) is 13.0. The van der Waals surface area contributed by atoms with E-state index in [0.717, 1.165) is 51.7 Å². The summed E-state index contributed by atoms with van der Waals surface area (Å²) in [6.45, 7) is 3.58. The van der Waals surface area contributed by atoms with E-state index in [1.54, 1.807) is 0 Å². The summed E-state index contributed by atoms with van der Waals surface area (Å²) in [7, 11) is 0. The fourth-order valence-corrected chi connectivity index (χ4v) is 6.49. The number of carbonyl (C=O) groups excluding carboxylic acids is 1. The summed E-state index contributed by atoms with van der Waals surface area (Å²) in [5.74, 6) is 1.17. The molecule has 3 saturated heterocycles. The lowest BCUT2D eigenvalue weighted by Crippen LogP contribution is -2.50.